The summed E-state index contributed by atoms with van der Waals surface area (Å²) in [6, 6.07) is 0.577. The van der Waals surface area contributed by atoms with Gasteiger partial charge in [0.15, 0.2) is 0 Å². The smallest absolute Gasteiger partial charge is 0.221 e. The highest BCUT2D eigenvalue weighted by Crippen LogP contribution is 2.33. The molecule has 1 fully saturated rings. The maximum Gasteiger partial charge on any atom is 0.221 e. The van der Waals surface area contributed by atoms with E-state index in [1.54, 1.807) is 6.33 Å². The fourth-order valence-electron chi connectivity index (χ4n) is 1.56. The number of aromatic nitrogens is 2. The molecule has 0 bridgehead atoms. The highest BCUT2D eigenvalue weighted by atomic mass is 16.5. The molecule has 2 unspecified atom stereocenters. The lowest BCUT2D eigenvalue weighted by Crippen LogP contribution is -2.09. The topological polar surface area (TPSA) is 47.0 Å². The van der Waals surface area contributed by atoms with Crippen LogP contribution in [0, 0.1) is 12.8 Å². The van der Waals surface area contributed by atoms with Crippen molar-refractivity contribution in [3.63, 3.8) is 0 Å². The first-order chi connectivity index (χ1) is 7.22. The van der Waals surface area contributed by atoms with Crippen molar-refractivity contribution in [1.29, 1.82) is 0 Å². The monoisotopic (exact) mass is 207 g/mol. The molecule has 1 aromatic rings. The third-order valence-electron chi connectivity index (χ3n) is 2.75. The molecule has 15 heavy (non-hydrogen) atoms. The van der Waals surface area contributed by atoms with E-state index in [0.717, 1.165) is 17.3 Å². The average Bonchev–Trinajstić information content (AvgIpc) is 2.89. The molecule has 0 aliphatic heterocycles. The molecular weight excluding hydrogens is 190 g/mol. The Kier molecular flexibility index (Phi) is 2.75. The summed E-state index contributed by atoms with van der Waals surface area (Å²) in [7, 11) is 0. The van der Waals surface area contributed by atoms with Crippen molar-refractivity contribution >= 4 is 5.82 Å². The van der Waals surface area contributed by atoms with Gasteiger partial charge in [0.25, 0.3) is 0 Å². The summed E-state index contributed by atoms with van der Waals surface area (Å²) < 4.78 is 5.41. The maximum atomic E-state index is 5.41. The minimum atomic E-state index is 0.577. The summed E-state index contributed by atoms with van der Waals surface area (Å²) in [6.07, 6.45) is 2.78. The number of ether oxygens (including phenoxy) is 1. The Morgan fingerprint density at radius 1 is 1.53 bits per heavy atom. The molecule has 1 heterocycles. The van der Waals surface area contributed by atoms with Crippen LogP contribution >= 0.6 is 0 Å². The van der Waals surface area contributed by atoms with Crippen molar-refractivity contribution in [2.24, 2.45) is 5.92 Å². The molecule has 4 nitrogen and oxygen atoms in total. The third kappa shape index (κ3) is 2.19. The van der Waals surface area contributed by atoms with Crippen molar-refractivity contribution in [1.82, 2.24) is 9.97 Å². The van der Waals surface area contributed by atoms with Crippen LogP contribution in [0.1, 0.15) is 25.8 Å². The Labute approximate surface area is 90.1 Å². The first-order valence-electron chi connectivity index (χ1n) is 5.43. The quantitative estimate of drug-likeness (QED) is 0.820. The summed E-state index contributed by atoms with van der Waals surface area (Å²) in [4.78, 5) is 8.34. The lowest BCUT2D eigenvalue weighted by Gasteiger charge is -2.10. The van der Waals surface area contributed by atoms with E-state index in [9.17, 15) is 0 Å². The minimum Gasteiger partial charge on any atom is -0.478 e. The number of hydrogen-bond donors (Lipinski definition) is 1. The van der Waals surface area contributed by atoms with E-state index < -0.39 is 0 Å². The van der Waals surface area contributed by atoms with Gasteiger partial charge in [-0.1, -0.05) is 6.92 Å². The van der Waals surface area contributed by atoms with E-state index in [0.29, 0.717) is 18.5 Å². The van der Waals surface area contributed by atoms with Gasteiger partial charge in [-0.3, -0.25) is 0 Å². The van der Waals surface area contributed by atoms with Crippen LogP contribution in [0.4, 0.5) is 5.82 Å². The van der Waals surface area contributed by atoms with Crippen LogP contribution in [0.5, 0.6) is 5.88 Å². The SMILES string of the molecule is CCOc1ncnc(NC2CC2C)c1C. The van der Waals surface area contributed by atoms with Crippen LogP contribution in [-0.2, 0) is 0 Å². The average molecular weight is 207 g/mol. The fraction of sp³-hybridized carbons (Fsp3) is 0.636. The molecule has 0 amide bonds. The van der Waals surface area contributed by atoms with Crippen molar-refractivity contribution < 1.29 is 4.74 Å². The summed E-state index contributed by atoms with van der Waals surface area (Å²) in [5.74, 6) is 2.35. The van der Waals surface area contributed by atoms with Gasteiger partial charge in [0, 0.05) is 6.04 Å². The molecule has 0 spiro atoms. The van der Waals surface area contributed by atoms with Gasteiger partial charge >= 0.3 is 0 Å². The summed E-state index contributed by atoms with van der Waals surface area (Å²) in [5.41, 5.74) is 0.999. The van der Waals surface area contributed by atoms with Crippen molar-refractivity contribution in [3.8, 4) is 5.88 Å². The first kappa shape index (κ1) is 10.2. The van der Waals surface area contributed by atoms with Crippen LogP contribution in [0.25, 0.3) is 0 Å². The largest absolute Gasteiger partial charge is 0.478 e. The normalized spacial score (nSPS) is 23.7. The van der Waals surface area contributed by atoms with Crippen molar-refractivity contribution in [3.05, 3.63) is 11.9 Å². The maximum absolute atomic E-state index is 5.41. The van der Waals surface area contributed by atoms with Crippen molar-refractivity contribution in [2.45, 2.75) is 33.2 Å². The standard InChI is InChI=1S/C11H17N3O/c1-4-15-11-8(3)10(12-6-13-11)14-9-5-7(9)2/h6-7,9H,4-5H2,1-3H3,(H,12,13,14). The van der Waals surface area contributed by atoms with E-state index in [2.05, 4.69) is 22.2 Å². The van der Waals surface area contributed by atoms with Crippen LogP contribution in [0.3, 0.4) is 0 Å². The third-order valence-corrected chi connectivity index (χ3v) is 2.75. The minimum absolute atomic E-state index is 0.577. The van der Waals surface area contributed by atoms with Crippen LogP contribution in [0.2, 0.25) is 0 Å². The van der Waals surface area contributed by atoms with Crippen LogP contribution in [-0.4, -0.2) is 22.6 Å². The molecule has 1 saturated carbocycles. The first-order valence-corrected chi connectivity index (χ1v) is 5.43. The summed E-state index contributed by atoms with van der Waals surface area (Å²) in [5, 5.41) is 3.40. The Morgan fingerprint density at radius 2 is 2.27 bits per heavy atom. The molecule has 0 saturated heterocycles. The summed E-state index contributed by atoms with van der Waals surface area (Å²) in [6.45, 7) is 6.81. The number of nitrogens with one attached hydrogen (secondary N) is 1. The summed E-state index contributed by atoms with van der Waals surface area (Å²) >= 11 is 0. The highest BCUT2D eigenvalue weighted by molar-refractivity contribution is 5.49. The van der Waals surface area contributed by atoms with Gasteiger partial charge in [-0.2, -0.15) is 0 Å². The lowest BCUT2D eigenvalue weighted by molar-refractivity contribution is 0.324. The molecule has 2 atom stereocenters. The van der Waals surface area contributed by atoms with Gasteiger partial charge < -0.3 is 10.1 Å². The van der Waals surface area contributed by atoms with E-state index >= 15 is 0 Å². The number of rotatable bonds is 4. The molecule has 82 valence electrons. The molecule has 0 aromatic carbocycles. The van der Waals surface area contributed by atoms with Gasteiger partial charge in [-0.15, -0.1) is 0 Å². The van der Waals surface area contributed by atoms with E-state index in [1.807, 2.05) is 13.8 Å². The molecule has 1 aromatic heterocycles. The highest BCUT2D eigenvalue weighted by Gasteiger charge is 2.33. The van der Waals surface area contributed by atoms with Gasteiger partial charge in [0.2, 0.25) is 5.88 Å². The molecule has 1 aliphatic carbocycles. The van der Waals surface area contributed by atoms with E-state index in [-0.39, 0.29) is 0 Å². The van der Waals surface area contributed by atoms with E-state index in [1.165, 1.54) is 6.42 Å². The van der Waals surface area contributed by atoms with Crippen molar-refractivity contribution in [2.75, 3.05) is 11.9 Å². The second-order valence-corrected chi connectivity index (χ2v) is 4.05. The van der Waals surface area contributed by atoms with Gasteiger partial charge in [-0.05, 0) is 26.2 Å². The van der Waals surface area contributed by atoms with Gasteiger partial charge in [-0.25, -0.2) is 9.97 Å². The van der Waals surface area contributed by atoms with Gasteiger partial charge in [0.05, 0.1) is 12.2 Å². The fourth-order valence-corrected chi connectivity index (χ4v) is 1.56. The number of nitrogens with zero attached hydrogens (tertiary/aromatic N) is 2. The number of hydrogen-bond acceptors (Lipinski definition) is 4. The predicted molar refractivity (Wildman–Crippen MR) is 59.1 cm³/mol. The predicted octanol–water partition coefficient (Wildman–Crippen LogP) is 2.00. The zero-order valence-corrected chi connectivity index (χ0v) is 9.45. The Bertz CT molecular complexity index is 354. The number of anilines is 1. The molecule has 1 aliphatic rings. The lowest BCUT2D eigenvalue weighted by atomic mass is 10.3. The van der Waals surface area contributed by atoms with E-state index in [4.69, 9.17) is 4.74 Å². The van der Waals surface area contributed by atoms with Gasteiger partial charge in [0.1, 0.15) is 12.1 Å². The zero-order chi connectivity index (χ0) is 10.8. The van der Waals surface area contributed by atoms with Crippen LogP contribution < -0.4 is 10.1 Å². The molecular formula is C11H17N3O. The van der Waals surface area contributed by atoms with Crippen LogP contribution in [0.15, 0.2) is 6.33 Å². The molecule has 2 rings (SSSR count). The molecule has 1 N–H and O–H groups in total. The second kappa shape index (κ2) is 4.04. The Hall–Kier alpha value is -1.32. The second-order valence-electron chi connectivity index (χ2n) is 4.05. The Morgan fingerprint density at radius 3 is 2.87 bits per heavy atom. The zero-order valence-electron chi connectivity index (χ0n) is 9.45. The molecule has 0 radical (unpaired) electrons. The Balaban J connectivity index is 2.12. The molecule has 4 heteroatoms.